The predicted molar refractivity (Wildman–Crippen MR) is 36.5 cm³/mol. The van der Waals surface area contributed by atoms with Crippen LogP contribution in [0.25, 0.3) is 0 Å². The molecule has 0 heterocycles. The first-order chi connectivity index (χ1) is 4.31. The molecule has 0 aliphatic heterocycles. The van der Waals surface area contributed by atoms with E-state index in [1.54, 1.807) is 0 Å². The molecule has 0 fully saturated rings. The summed E-state index contributed by atoms with van der Waals surface area (Å²) in [6, 6.07) is 0. The van der Waals surface area contributed by atoms with Crippen LogP contribution in [0.4, 0.5) is 0 Å². The van der Waals surface area contributed by atoms with E-state index >= 15 is 0 Å². The average Bonchev–Trinajstić information content (AvgIpc) is 1.93. The molecule has 0 bridgehead atoms. The minimum absolute atomic E-state index is 0.959. The van der Waals surface area contributed by atoms with Gasteiger partial charge in [-0.05, 0) is 0 Å². The number of hydrogen-bond acceptors (Lipinski definition) is 1. The van der Waals surface area contributed by atoms with Crippen LogP contribution in [-0.4, -0.2) is 0 Å². The molecule has 0 aliphatic carbocycles. The first-order valence-corrected chi connectivity index (χ1v) is 7.08. The third-order valence-corrected chi connectivity index (χ3v) is 2.46. The SMILES string of the molecule is CCC[CH]([Mo])CC.[S]=[Mo]. The summed E-state index contributed by atoms with van der Waals surface area (Å²) < 4.78 is 0.959. The van der Waals surface area contributed by atoms with Crippen LogP contribution in [0.1, 0.15) is 33.1 Å². The number of hydrogen-bond donors (Lipinski definition) is 0. The molecule has 0 aliphatic rings. The summed E-state index contributed by atoms with van der Waals surface area (Å²) >= 11 is 3.78. The van der Waals surface area contributed by atoms with Crippen LogP contribution in [0.3, 0.4) is 0 Å². The van der Waals surface area contributed by atoms with E-state index in [-0.39, 0.29) is 0 Å². The molecule has 9 heavy (non-hydrogen) atoms. The van der Waals surface area contributed by atoms with E-state index in [2.05, 4.69) is 43.5 Å². The van der Waals surface area contributed by atoms with Gasteiger partial charge in [0.25, 0.3) is 0 Å². The molecule has 0 aromatic heterocycles. The van der Waals surface area contributed by atoms with Gasteiger partial charge in [0.05, 0.1) is 0 Å². The van der Waals surface area contributed by atoms with Crippen molar-refractivity contribution in [2.45, 2.75) is 37.4 Å². The fraction of sp³-hybridized carbons (Fsp3) is 1.00. The molecule has 0 saturated heterocycles. The van der Waals surface area contributed by atoms with Crippen molar-refractivity contribution in [3.63, 3.8) is 0 Å². The van der Waals surface area contributed by atoms with E-state index in [9.17, 15) is 0 Å². The van der Waals surface area contributed by atoms with Crippen LogP contribution in [-0.2, 0) is 37.8 Å². The Morgan fingerprint density at radius 2 is 1.78 bits per heavy atom. The predicted octanol–water partition coefficient (Wildman–Crippen LogP) is 3.18. The molecule has 0 nitrogen and oxygen atoms in total. The molecule has 0 rings (SSSR count). The molecule has 0 aromatic rings. The molecule has 1 atom stereocenters. The summed E-state index contributed by atoms with van der Waals surface area (Å²) in [4.78, 5) is 0. The van der Waals surface area contributed by atoms with Crippen molar-refractivity contribution in [2.24, 2.45) is 0 Å². The van der Waals surface area contributed by atoms with E-state index in [1.807, 2.05) is 0 Å². The second-order valence-electron chi connectivity index (χ2n) is 1.82. The zero-order valence-corrected chi connectivity index (χ0v) is 10.8. The Morgan fingerprint density at radius 3 is 1.89 bits per heavy atom. The molecule has 0 saturated carbocycles. The van der Waals surface area contributed by atoms with E-state index in [0.717, 1.165) is 4.31 Å². The van der Waals surface area contributed by atoms with Crippen molar-refractivity contribution in [1.29, 1.82) is 0 Å². The first kappa shape index (κ1) is 13.2. The van der Waals surface area contributed by atoms with Crippen molar-refractivity contribution in [3.05, 3.63) is 0 Å². The van der Waals surface area contributed by atoms with E-state index in [4.69, 9.17) is 0 Å². The Kier molecular flexibility index (Phi) is 18.0. The summed E-state index contributed by atoms with van der Waals surface area (Å²) in [6.45, 7) is 4.50. The molecular weight excluding hydrogens is 296 g/mol. The summed E-state index contributed by atoms with van der Waals surface area (Å²) in [5, 5.41) is 0. The maximum atomic E-state index is 4.09. The van der Waals surface area contributed by atoms with E-state index in [1.165, 1.54) is 37.3 Å². The third kappa shape index (κ3) is 12.7. The van der Waals surface area contributed by atoms with Gasteiger partial charge in [-0.2, -0.15) is 0 Å². The van der Waals surface area contributed by atoms with Gasteiger partial charge in [0.2, 0.25) is 0 Å². The molecule has 0 radical (unpaired) electrons. The third-order valence-electron chi connectivity index (χ3n) is 1.07. The summed E-state index contributed by atoms with van der Waals surface area (Å²) in [6.07, 6.45) is 4.09. The van der Waals surface area contributed by atoms with Crippen molar-refractivity contribution in [3.8, 4) is 0 Å². The van der Waals surface area contributed by atoms with Gasteiger partial charge < -0.3 is 0 Å². The maximum absolute atomic E-state index is 4.09. The van der Waals surface area contributed by atoms with Gasteiger partial charge in [-0.15, -0.1) is 0 Å². The fourth-order valence-electron chi connectivity index (χ4n) is 0.526. The molecule has 0 amide bonds. The summed E-state index contributed by atoms with van der Waals surface area (Å²) in [5.74, 6) is 0. The Bertz CT molecular complexity index is 50.3. The van der Waals surface area contributed by atoms with Gasteiger partial charge in [0, 0.05) is 0 Å². The van der Waals surface area contributed by atoms with Gasteiger partial charge in [-0.25, -0.2) is 0 Å². The fourth-order valence-corrected chi connectivity index (χ4v) is 1.11. The normalized spacial score (nSPS) is 11.3. The van der Waals surface area contributed by atoms with Gasteiger partial charge in [0.15, 0.2) is 0 Å². The van der Waals surface area contributed by atoms with Crippen molar-refractivity contribution >= 4 is 9.82 Å². The van der Waals surface area contributed by atoms with Crippen LogP contribution in [0.2, 0.25) is 4.31 Å². The number of rotatable bonds is 3. The Balaban J connectivity index is 0. The van der Waals surface area contributed by atoms with Crippen LogP contribution < -0.4 is 0 Å². The molecule has 1 unspecified atom stereocenters. The Morgan fingerprint density at radius 1 is 1.33 bits per heavy atom. The topological polar surface area (TPSA) is 0 Å². The quantitative estimate of drug-likeness (QED) is 0.722. The first-order valence-electron chi connectivity index (χ1n) is 3.13. The van der Waals surface area contributed by atoms with Crippen molar-refractivity contribution in [2.75, 3.05) is 0 Å². The molecule has 0 N–H and O–H groups in total. The summed E-state index contributed by atoms with van der Waals surface area (Å²) in [7, 11) is 4.09. The molecule has 3 heteroatoms. The monoisotopic (exact) mass is 313 g/mol. The van der Waals surface area contributed by atoms with Gasteiger partial charge in [0.1, 0.15) is 0 Å². The van der Waals surface area contributed by atoms with Gasteiger partial charge >= 0.3 is 85.0 Å². The van der Waals surface area contributed by atoms with Crippen molar-refractivity contribution < 1.29 is 37.8 Å². The Hall–Kier alpha value is 1.60. The van der Waals surface area contributed by atoms with E-state index < -0.39 is 0 Å². The van der Waals surface area contributed by atoms with Gasteiger partial charge in [-0.3, -0.25) is 0 Å². The second kappa shape index (κ2) is 12.3. The van der Waals surface area contributed by atoms with Crippen LogP contribution in [0, 0.1) is 0 Å². The standard InChI is InChI=1S/C6H13.2Mo.S/c1-3-5-6-4-2;;;/h5H,3-4,6H2,1-2H3;;;. The van der Waals surface area contributed by atoms with E-state index in [0.29, 0.717) is 0 Å². The molecule has 0 aromatic carbocycles. The molecule has 55 valence electrons. The van der Waals surface area contributed by atoms with Crippen LogP contribution in [0.5, 0.6) is 0 Å². The average molecular weight is 309 g/mol. The van der Waals surface area contributed by atoms with Crippen molar-refractivity contribution in [1.82, 2.24) is 0 Å². The Labute approximate surface area is 84.4 Å². The molecular formula is C6H13Mo2S. The molecule has 0 spiro atoms. The van der Waals surface area contributed by atoms with Crippen LogP contribution >= 0.6 is 9.82 Å². The zero-order valence-electron chi connectivity index (χ0n) is 5.92. The second-order valence-corrected chi connectivity index (χ2v) is 3.46. The zero-order chi connectivity index (χ0) is 7.70. The minimum atomic E-state index is 0.959. The summed E-state index contributed by atoms with van der Waals surface area (Å²) in [5.41, 5.74) is 0. The van der Waals surface area contributed by atoms with Crippen LogP contribution in [0.15, 0.2) is 0 Å². The van der Waals surface area contributed by atoms with Gasteiger partial charge in [-0.1, -0.05) is 0 Å².